The van der Waals surface area contributed by atoms with Crippen LogP contribution in [0.25, 0.3) is 0 Å². The minimum absolute atomic E-state index is 0.00810. The zero-order chi connectivity index (χ0) is 14.5. The third-order valence-corrected chi connectivity index (χ3v) is 5.97. The highest BCUT2D eigenvalue weighted by molar-refractivity contribution is 7.91. The molecule has 2 aliphatic heterocycles. The average molecular weight is 297 g/mol. The molecule has 0 radical (unpaired) electrons. The van der Waals surface area contributed by atoms with E-state index in [1.807, 2.05) is 4.68 Å². The van der Waals surface area contributed by atoms with Crippen LogP contribution in [0.2, 0.25) is 0 Å². The summed E-state index contributed by atoms with van der Waals surface area (Å²) in [6.45, 7) is 8.29. The molecule has 0 saturated carbocycles. The van der Waals surface area contributed by atoms with Crippen LogP contribution in [0.15, 0.2) is 0 Å². The van der Waals surface area contributed by atoms with E-state index in [1.54, 1.807) is 0 Å². The van der Waals surface area contributed by atoms with E-state index in [1.165, 1.54) is 11.3 Å². The highest BCUT2D eigenvalue weighted by Crippen LogP contribution is 2.33. The van der Waals surface area contributed by atoms with Crippen molar-refractivity contribution in [1.82, 2.24) is 15.1 Å². The van der Waals surface area contributed by atoms with Gasteiger partial charge < -0.3 is 5.32 Å². The summed E-state index contributed by atoms with van der Waals surface area (Å²) in [7, 11) is -2.87. The number of fused-ring (bicyclic) bond motifs is 1. The summed E-state index contributed by atoms with van der Waals surface area (Å²) in [4.78, 5) is 0. The topological polar surface area (TPSA) is 64.0 Å². The van der Waals surface area contributed by atoms with Crippen molar-refractivity contribution in [1.29, 1.82) is 0 Å². The molecule has 1 saturated heterocycles. The van der Waals surface area contributed by atoms with Gasteiger partial charge in [0.1, 0.15) is 0 Å². The molecule has 1 aromatic heterocycles. The van der Waals surface area contributed by atoms with E-state index < -0.39 is 9.84 Å². The Morgan fingerprint density at radius 3 is 2.70 bits per heavy atom. The Balaban J connectivity index is 2.06. The Labute approximate surface area is 120 Å². The lowest BCUT2D eigenvalue weighted by molar-refractivity contribution is 0.457. The number of sulfone groups is 1. The molecule has 2 aliphatic rings. The van der Waals surface area contributed by atoms with Crippen molar-refractivity contribution in [2.45, 2.75) is 51.6 Å². The quantitative estimate of drug-likeness (QED) is 0.845. The fourth-order valence-corrected chi connectivity index (χ4v) is 4.94. The smallest absolute Gasteiger partial charge is 0.152 e. The Hall–Kier alpha value is -0.880. The largest absolute Gasteiger partial charge is 0.312 e. The van der Waals surface area contributed by atoms with E-state index >= 15 is 0 Å². The molecular formula is C14H23N3O2S. The number of nitrogens with one attached hydrogen (secondary N) is 1. The van der Waals surface area contributed by atoms with Crippen molar-refractivity contribution in [3.8, 4) is 0 Å². The molecule has 5 nitrogen and oxygen atoms in total. The Kier molecular flexibility index (Phi) is 3.21. The van der Waals surface area contributed by atoms with Crippen LogP contribution in [0.3, 0.4) is 0 Å². The second-order valence-electron chi connectivity index (χ2n) is 6.95. The predicted molar refractivity (Wildman–Crippen MR) is 78.6 cm³/mol. The van der Waals surface area contributed by atoms with E-state index in [9.17, 15) is 8.42 Å². The van der Waals surface area contributed by atoms with Gasteiger partial charge in [-0.2, -0.15) is 5.10 Å². The van der Waals surface area contributed by atoms with E-state index in [4.69, 9.17) is 5.10 Å². The molecule has 0 spiro atoms. The minimum atomic E-state index is -2.87. The van der Waals surface area contributed by atoms with Gasteiger partial charge in [-0.25, -0.2) is 8.42 Å². The third kappa shape index (κ3) is 2.39. The van der Waals surface area contributed by atoms with Crippen LogP contribution >= 0.6 is 0 Å². The van der Waals surface area contributed by atoms with Gasteiger partial charge in [0.15, 0.2) is 9.84 Å². The summed E-state index contributed by atoms with van der Waals surface area (Å²) in [5.74, 6) is 0.549. The first-order valence-electron chi connectivity index (χ1n) is 7.30. The number of hydrogen-bond acceptors (Lipinski definition) is 4. The van der Waals surface area contributed by atoms with Crippen LogP contribution in [0.1, 0.15) is 50.2 Å². The zero-order valence-electron chi connectivity index (χ0n) is 12.4. The van der Waals surface area contributed by atoms with Crippen LogP contribution < -0.4 is 5.32 Å². The Morgan fingerprint density at radius 2 is 2.10 bits per heavy atom. The molecular weight excluding hydrogens is 274 g/mol. The number of rotatable bonds is 1. The molecule has 0 aliphatic carbocycles. The van der Waals surface area contributed by atoms with Gasteiger partial charge >= 0.3 is 0 Å². The molecule has 20 heavy (non-hydrogen) atoms. The fraction of sp³-hybridized carbons (Fsp3) is 0.786. The molecule has 0 aromatic carbocycles. The maximum absolute atomic E-state index is 11.7. The minimum Gasteiger partial charge on any atom is -0.312 e. The van der Waals surface area contributed by atoms with Crippen molar-refractivity contribution in [2.75, 3.05) is 18.1 Å². The normalized spacial score (nSPS) is 25.6. The molecule has 1 unspecified atom stereocenters. The fourth-order valence-electron chi connectivity index (χ4n) is 3.25. The van der Waals surface area contributed by atoms with Gasteiger partial charge in [-0.05, 0) is 6.42 Å². The lowest BCUT2D eigenvalue weighted by Crippen LogP contribution is -2.27. The molecule has 6 heteroatoms. The van der Waals surface area contributed by atoms with Crippen LogP contribution in [0.5, 0.6) is 0 Å². The molecule has 3 rings (SSSR count). The van der Waals surface area contributed by atoms with Crippen molar-refractivity contribution < 1.29 is 8.42 Å². The van der Waals surface area contributed by atoms with Gasteiger partial charge in [0.25, 0.3) is 0 Å². The summed E-state index contributed by atoms with van der Waals surface area (Å²) >= 11 is 0. The van der Waals surface area contributed by atoms with E-state index in [0.29, 0.717) is 12.2 Å². The third-order valence-electron chi connectivity index (χ3n) is 4.22. The summed E-state index contributed by atoms with van der Waals surface area (Å²) in [5.41, 5.74) is 3.64. The molecule has 112 valence electrons. The Morgan fingerprint density at radius 1 is 1.35 bits per heavy atom. The van der Waals surface area contributed by atoms with Crippen LogP contribution in [0.4, 0.5) is 0 Å². The van der Waals surface area contributed by atoms with Gasteiger partial charge in [-0.1, -0.05) is 20.8 Å². The summed E-state index contributed by atoms with van der Waals surface area (Å²) < 4.78 is 25.5. The number of nitrogens with zero attached hydrogens (tertiary/aromatic N) is 2. The van der Waals surface area contributed by atoms with Gasteiger partial charge in [-0.3, -0.25) is 4.68 Å². The first-order chi connectivity index (χ1) is 9.28. The van der Waals surface area contributed by atoms with Crippen molar-refractivity contribution in [3.63, 3.8) is 0 Å². The standard InChI is InChI=1S/C14H23N3O2S/c1-14(2,3)13-11-8-15-6-4-12(11)17(16-13)10-5-7-20(18,19)9-10/h10,15H,4-9H2,1-3H3. The molecule has 3 heterocycles. The van der Waals surface area contributed by atoms with Gasteiger partial charge in [-0.15, -0.1) is 0 Å². The second kappa shape index (κ2) is 4.56. The van der Waals surface area contributed by atoms with Crippen molar-refractivity contribution >= 4 is 9.84 Å². The molecule has 0 amide bonds. The van der Waals surface area contributed by atoms with Crippen LogP contribution in [-0.2, 0) is 28.2 Å². The molecule has 1 N–H and O–H groups in total. The van der Waals surface area contributed by atoms with Gasteiger partial charge in [0.05, 0.1) is 23.2 Å². The first kappa shape index (κ1) is 14.1. The van der Waals surface area contributed by atoms with Crippen molar-refractivity contribution in [2.24, 2.45) is 0 Å². The van der Waals surface area contributed by atoms with E-state index in [0.717, 1.165) is 25.2 Å². The highest BCUT2D eigenvalue weighted by Gasteiger charge is 2.35. The monoisotopic (exact) mass is 297 g/mol. The summed E-state index contributed by atoms with van der Waals surface area (Å²) in [6, 6.07) is 0.0305. The zero-order valence-corrected chi connectivity index (χ0v) is 13.3. The lowest BCUT2D eigenvalue weighted by Gasteiger charge is -2.20. The van der Waals surface area contributed by atoms with E-state index in [-0.39, 0.29) is 17.2 Å². The molecule has 0 bridgehead atoms. The SMILES string of the molecule is CC(C)(C)c1nn(C2CCS(=O)(=O)C2)c2c1CNCC2. The lowest BCUT2D eigenvalue weighted by atomic mass is 9.88. The number of aromatic nitrogens is 2. The first-order valence-corrected chi connectivity index (χ1v) is 9.12. The van der Waals surface area contributed by atoms with E-state index in [2.05, 4.69) is 26.1 Å². The summed E-state index contributed by atoms with van der Waals surface area (Å²) in [5, 5.41) is 8.22. The predicted octanol–water partition coefficient (Wildman–Crippen LogP) is 1.19. The van der Waals surface area contributed by atoms with Crippen molar-refractivity contribution in [3.05, 3.63) is 17.0 Å². The summed E-state index contributed by atoms with van der Waals surface area (Å²) in [6.07, 6.45) is 1.64. The van der Waals surface area contributed by atoms with Crippen LogP contribution in [0, 0.1) is 0 Å². The molecule has 1 fully saturated rings. The Bertz CT molecular complexity index is 626. The molecule has 1 aromatic rings. The average Bonchev–Trinajstić information content (AvgIpc) is 2.88. The van der Waals surface area contributed by atoms with Crippen LogP contribution in [-0.4, -0.2) is 36.2 Å². The molecule has 1 atom stereocenters. The highest BCUT2D eigenvalue weighted by atomic mass is 32.2. The second-order valence-corrected chi connectivity index (χ2v) is 9.18. The van der Waals surface area contributed by atoms with Gasteiger partial charge in [0.2, 0.25) is 0 Å². The maximum Gasteiger partial charge on any atom is 0.152 e. The number of hydrogen-bond donors (Lipinski definition) is 1. The maximum atomic E-state index is 11.7. The van der Waals surface area contributed by atoms with Gasteiger partial charge in [0, 0.05) is 36.2 Å².